The number of hydrazone groups is 1. The molecule has 0 aliphatic heterocycles. The lowest BCUT2D eigenvalue weighted by Crippen LogP contribution is -2.22. The predicted molar refractivity (Wildman–Crippen MR) is 97.1 cm³/mol. The third-order valence-corrected chi connectivity index (χ3v) is 4.12. The number of carbonyl (C=O) groups is 1. The lowest BCUT2D eigenvalue weighted by molar-refractivity contribution is -0.305. The highest BCUT2D eigenvalue weighted by Crippen LogP contribution is 2.30. The van der Waals surface area contributed by atoms with E-state index >= 15 is 0 Å². The quantitative estimate of drug-likeness (QED) is 0.499. The molecule has 0 saturated heterocycles. The van der Waals surface area contributed by atoms with Gasteiger partial charge in [-0.25, -0.2) is 9.97 Å². The first kappa shape index (κ1) is 20.3. The SMILES string of the molecule is C/C(=N/Nc1nc(C(F)(F)F)nc2ccccc12)c1cc(CCC(=O)[O-])oc1C. The van der Waals surface area contributed by atoms with Crippen LogP contribution in [0.1, 0.15) is 36.3 Å². The van der Waals surface area contributed by atoms with Gasteiger partial charge in [0, 0.05) is 23.3 Å². The fourth-order valence-corrected chi connectivity index (χ4v) is 2.74. The van der Waals surface area contributed by atoms with Crippen molar-refractivity contribution in [3.63, 3.8) is 0 Å². The number of aryl methyl sites for hydroxylation is 2. The molecular formula is C19H16F3N4O3-. The normalized spacial score (nSPS) is 12.4. The molecule has 2 heterocycles. The molecule has 1 N–H and O–H groups in total. The van der Waals surface area contributed by atoms with Gasteiger partial charge in [0.25, 0.3) is 0 Å². The summed E-state index contributed by atoms with van der Waals surface area (Å²) < 4.78 is 44.8. The third kappa shape index (κ3) is 4.71. The van der Waals surface area contributed by atoms with Gasteiger partial charge in [-0.2, -0.15) is 18.3 Å². The number of carboxylic acids is 1. The molecule has 0 radical (unpaired) electrons. The van der Waals surface area contributed by atoms with Gasteiger partial charge in [0.05, 0.1) is 11.2 Å². The largest absolute Gasteiger partial charge is 0.550 e. The van der Waals surface area contributed by atoms with Crippen LogP contribution in [0.25, 0.3) is 10.9 Å². The second-order valence-corrected chi connectivity index (χ2v) is 6.27. The number of fused-ring (bicyclic) bond motifs is 1. The fraction of sp³-hybridized carbons (Fsp3) is 0.263. The zero-order chi connectivity index (χ0) is 21.2. The number of para-hydroxylation sites is 1. The van der Waals surface area contributed by atoms with E-state index in [1.54, 1.807) is 38.1 Å². The Bertz CT molecular complexity index is 1090. The summed E-state index contributed by atoms with van der Waals surface area (Å²) in [5.74, 6) is -1.59. The minimum absolute atomic E-state index is 0.0828. The van der Waals surface area contributed by atoms with Crippen molar-refractivity contribution in [3.8, 4) is 0 Å². The van der Waals surface area contributed by atoms with Crippen molar-refractivity contribution in [3.05, 3.63) is 53.2 Å². The highest BCUT2D eigenvalue weighted by Gasteiger charge is 2.35. The topological polar surface area (TPSA) is 103 Å². The molecule has 0 fully saturated rings. The molecule has 0 aliphatic carbocycles. The molecule has 0 saturated carbocycles. The van der Waals surface area contributed by atoms with E-state index in [-0.39, 0.29) is 24.2 Å². The number of carbonyl (C=O) groups excluding carboxylic acids is 1. The average molecular weight is 405 g/mol. The number of nitrogens with zero attached hydrogens (tertiary/aromatic N) is 3. The zero-order valence-electron chi connectivity index (χ0n) is 15.5. The van der Waals surface area contributed by atoms with Crippen LogP contribution in [0.5, 0.6) is 0 Å². The van der Waals surface area contributed by atoms with Gasteiger partial charge < -0.3 is 14.3 Å². The maximum Gasteiger partial charge on any atom is 0.451 e. The van der Waals surface area contributed by atoms with Crippen LogP contribution in [0.2, 0.25) is 0 Å². The van der Waals surface area contributed by atoms with Gasteiger partial charge >= 0.3 is 6.18 Å². The van der Waals surface area contributed by atoms with E-state index in [1.807, 2.05) is 0 Å². The van der Waals surface area contributed by atoms with Crippen LogP contribution in [0.15, 0.2) is 39.9 Å². The molecule has 0 unspecified atom stereocenters. The third-order valence-electron chi connectivity index (χ3n) is 4.12. The van der Waals surface area contributed by atoms with Crippen molar-refractivity contribution in [2.75, 3.05) is 5.43 Å². The monoisotopic (exact) mass is 405 g/mol. The van der Waals surface area contributed by atoms with Crippen LogP contribution in [0, 0.1) is 6.92 Å². The first-order chi connectivity index (χ1) is 13.6. The number of benzene rings is 1. The van der Waals surface area contributed by atoms with E-state index in [1.165, 1.54) is 6.07 Å². The molecule has 3 aromatic rings. The number of hydrogen-bond donors (Lipinski definition) is 1. The van der Waals surface area contributed by atoms with E-state index < -0.39 is 18.0 Å². The number of alkyl halides is 3. The van der Waals surface area contributed by atoms with Gasteiger partial charge in [0.15, 0.2) is 5.82 Å². The molecule has 3 rings (SSSR count). The molecule has 7 nitrogen and oxygen atoms in total. The summed E-state index contributed by atoms with van der Waals surface area (Å²) in [6.45, 7) is 3.32. The van der Waals surface area contributed by atoms with Gasteiger partial charge in [-0.15, -0.1) is 0 Å². The van der Waals surface area contributed by atoms with Crippen LogP contribution in [-0.4, -0.2) is 21.6 Å². The van der Waals surface area contributed by atoms with Gasteiger partial charge in [-0.3, -0.25) is 5.43 Å². The summed E-state index contributed by atoms with van der Waals surface area (Å²) in [7, 11) is 0. The van der Waals surface area contributed by atoms with Crippen molar-refractivity contribution in [1.82, 2.24) is 9.97 Å². The standard InChI is InChI=1S/C19H17F3N4O3/c1-10(14-9-12(29-11(14)2)7-8-16(27)28)25-26-17-13-5-3-4-6-15(13)23-18(24-17)19(20,21)22/h3-6,9H,7-8H2,1-2H3,(H,27,28)(H,23,24,26)/p-1/b25-10-. The number of halogens is 3. The Morgan fingerprint density at radius 3 is 2.69 bits per heavy atom. The van der Waals surface area contributed by atoms with Crippen molar-refractivity contribution in [2.45, 2.75) is 32.9 Å². The molecule has 0 spiro atoms. The Balaban J connectivity index is 1.91. The van der Waals surface area contributed by atoms with E-state index in [4.69, 9.17) is 4.42 Å². The molecule has 0 bridgehead atoms. The highest BCUT2D eigenvalue weighted by molar-refractivity contribution is 6.00. The summed E-state index contributed by atoms with van der Waals surface area (Å²) in [5, 5.41) is 15.1. The van der Waals surface area contributed by atoms with Crippen molar-refractivity contribution in [2.24, 2.45) is 5.10 Å². The van der Waals surface area contributed by atoms with Gasteiger partial charge in [-0.05, 0) is 38.5 Å². The predicted octanol–water partition coefficient (Wildman–Crippen LogP) is 3.07. The smallest absolute Gasteiger partial charge is 0.451 e. The molecule has 29 heavy (non-hydrogen) atoms. The summed E-state index contributed by atoms with van der Waals surface area (Å²) in [4.78, 5) is 17.7. The van der Waals surface area contributed by atoms with E-state index in [0.29, 0.717) is 28.2 Å². The molecule has 0 amide bonds. The number of rotatable bonds is 6. The number of carboxylic acid groups (broad SMARTS) is 1. The first-order valence-corrected chi connectivity index (χ1v) is 8.59. The second-order valence-electron chi connectivity index (χ2n) is 6.27. The fourth-order valence-electron chi connectivity index (χ4n) is 2.74. The molecule has 10 heteroatoms. The maximum atomic E-state index is 13.1. The van der Waals surface area contributed by atoms with Crippen molar-refractivity contribution in [1.29, 1.82) is 0 Å². The summed E-state index contributed by atoms with van der Waals surface area (Å²) in [6, 6.07) is 7.92. The number of anilines is 1. The zero-order valence-corrected chi connectivity index (χ0v) is 15.5. The minimum atomic E-state index is -4.70. The molecule has 1 aromatic carbocycles. The van der Waals surface area contributed by atoms with Crippen LogP contribution in [-0.2, 0) is 17.4 Å². The van der Waals surface area contributed by atoms with Gasteiger partial charge in [0.2, 0.25) is 5.82 Å². The number of aromatic nitrogens is 2. The summed E-state index contributed by atoms with van der Waals surface area (Å²) in [6.07, 6.45) is -4.72. The lowest BCUT2D eigenvalue weighted by Gasteiger charge is -2.10. The first-order valence-electron chi connectivity index (χ1n) is 8.59. The number of nitrogens with one attached hydrogen (secondary N) is 1. The van der Waals surface area contributed by atoms with Crippen molar-refractivity contribution < 1.29 is 27.5 Å². The second kappa shape index (κ2) is 7.90. The summed E-state index contributed by atoms with van der Waals surface area (Å²) >= 11 is 0. The molecule has 2 aromatic heterocycles. The minimum Gasteiger partial charge on any atom is -0.550 e. The van der Waals surface area contributed by atoms with Crippen LogP contribution in [0.3, 0.4) is 0 Å². The Kier molecular flexibility index (Phi) is 5.53. The highest BCUT2D eigenvalue weighted by atomic mass is 19.4. The Labute approximate surface area is 163 Å². The van der Waals surface area contributed by atoms with Crippen LogP contribution < -0.4 is 10.5 Å². The van der Waals surface area contributed by atoms with E-state index in [0.717, 1.165) is 0 Å². The van der Waals surface area contributed by atoms with Gasteiger partial charge in [-0.1, -0.05) is 12.1 Å². The van der Waals surface area contributed by atoms with E-state index in [2.05, 4.69) is 20.5 Å². The molecule has 0 aliphatic rings. The van der Waals surface area contributed by atoms with E-state index in [9.17, 15) is 23.1 Å². The van der Waals surface area contributed by atoms with Crippen molar-refractivity contribution >= 4 is 28.4 Å². The number of hydrogen-bond acceptors (Lipinski definition) is 7. The Hall–Kier alpha value is -3.43. The molecule has 152 valence electrons. The number of furan rings is 1. The van der Waals surface area contributed by atoms with Gasteiger partial charge in [0.1, 0.15) is 11.5 Å². The maximum absolute atomic E-state index is 13.1. The van der Waals surface area contributed by atoms with Crippen LogP contribution >= 0.6 is 0 Å². The lowest BCUT2D eigenvalue weighted by atomic mass is 10.1. The molecule has 0 atom stereocenters. The Morgan fingerprint density at radius 2 is 2.00 bits per heavy atom. The Morgan fingerprint density at radius 1 is 1.28 bits per heavy atom. The number of aliphatic carboxylic acids is 1. The van der Waals surface area contributed by atoms with Crippen LogP contribution in [0.4, 0.5) is 19.0 Å². The molecular weight excluding hydrogens is 389 g/mol. The summed E-state index contributed by atoms with van der Waals surface area (Å²) in [5.41, 5.74) is 3.74. The average Bonchev–Trinajstić information content (AvgIpc) is 3.04.